The van der Waals surface area contributed by atoms with Crippen LogP contribution in [0.3, 0.4) is 0 Å². The fourth-order valence-corrected chi connectivity index (χ4v) is 1.67. The lowest BCUT2D eigenvalue weighted by Gasteiger charge is -2.19. The normalized spacial score (nSPS) is 11.5. The quantitative estimate of drug-likeness (QED) is 0.718. The van der Waals surface area contributed by atoms with Gasteiger partial charge in [0.15, 0.2) is 12.7 Å². The number of ether oxygens (including phenoxy) is 3. The van der Waals surface area contributed by atoms with E-state index in [-0.39, 0.29) is 12.5 Å². The molecule has 1 aromatic carbocycles. The molecule has 0 aromatic heterocycles. The minimum atomic E-state index is -1.13. The first kappa shape index (κ1) is 18.3. The van der Waals surface area contributed by atoms with E-state index < -0.39 is 24.0 Å². The number of urea groups is 1. The molecule has 3 amide bonds. The van der Waals surface area contributed by atoms with E-state index in [9.17, 15) is 14.4 Å². The van der Waals surface area contributed by atoms with Crippen LogP contribution in [0.25, 0.3) is 0 Å². The van der Waals surface area contributed by atoms with E-state index in [1.807, 2.05) is 5.32 Å². The van der Waals surface area contributed by atoms with Crippen molar-refractivity contribution >= 4 is 17.9 Å². The van der Waals surface area contributed by atoms with Gasteiger partial charge in [-0.25, -0.2) is 9.59 Å². The molecular formula is C15H20N2O6. The van der Waals surface area contributed by atoms with Crippen molar-refractivity contribution < 1.29 is 28.6 Å². The summed E-state index contributed by atoms with van der Waals surface area (Å²) < 4.78 is 15.3. The van der Waals surface area contributed by atoms with Crippen molar-refractivity contribution in [3.05, 3.63) is 24.3 Å². The monoisotopic (exact) mass is 324 g/mol. The lowest BCUT2D eigenvalue weighted by molar-refractivity contribution is -0.160. The minimum Gasteiger partial charge on any atom is -0.497 e. The molecule has 3 N–H and O–H groups in total. The summed E-state index contributed by atoms with van der Waals surface area (Å²) >= 11 is 0. The SMILES string of the molecule is COc1ccc(OCC(=O)O[C@@H](C(=O)NC(N)=O)C(C)C)cc1. The molecule has 126 valence electrons. The van der Waals surface area contributed by atoms with Gasteiger partial charge in [0.25, 0.3) is 5.91 Å². The van der Waals surface area contributed by atoms with Crippen LogP contribution in [0, 0.1) is 5.92 Å². The number of carbonyl (C=O) groups excluding carboxylic acids is 3. The van der Waals surface area contributed by atoms with Crippen LogP contribution in [0.4, 0.5) is 4.79 Å². The molecule has 0 unspecified atom stereocenters. The van der Waals surface area contributed by atoms with Crippen LogP contribution in [-0.4, -0.2) is 37.7 Å². The van der Waals surface area contributed by atoms with Crippen molar-refractivity contribution in [2.24, 2.45) is 11.7 Å². The molecule has 0 saturated carbocycles. The second-order valence-corrected chi connectivity index (χ2v) is 4.97. The topological polar surface area (TPSA) is 117 Å². The number of methoxy groups -OCH3 is 1. The maximum atomic E-state index is 11.8. The second-order valence-electron chi connectivity index (χ2n) is 4.97. The Morgan fingerprint density at radius 1 is 1.13 bits per heavy atom. The Bertz CT molecular complexity index is 556. The molecule has 1 atom stereocenters. The summed E-state index contributed by atoms with van der Waals surface area (Å²) in [4.78, 5) is 34.2. The van der Waals surface area contributed by atoms with Gasteiger partial charge in [0.1, 0.15) is 11.5 Å². The maximum Gasteiger partial charge on any atom is 0.344 e. The number of primary amides is 1. The summed E-state index contributed by atoms with van der Waals surface area (Å²) in [6, 6.07) is 5.61. The van der Waals surface area contributed by atoms with Crippen molar-refractivity contribution in [2.45, 2.75) is 20.0 Å². The van der Waals surface area contributed by atoms with Crippen molar-refractivity contribution in [1.29, 1.82) is 0 Å². The number of nitrogens with two attached hydrogens (primary N) is 1. The number of hydrogen-bond donors (Lipinski definition) is 2. The van der Waals surface area contributed by atoms with Crippen molar-refractivity contribution in [1.82, 2.24) is 5.32 Å². The summed E-state index contributed by atoms with van der Waals surface area (Å²) in [6.07, 6.45) is -1.13. The molecule has 0 aliphatic heterocycles. The van der Waals surface area contributed by atoms with Gasteiger partial charge in [-0.05, 0) is 30.2 Å². The zero-order valence-corrected chi connectivity index (χ0v) is 13.2. The van der Waals surface area contributed by atoms with Crippen LogP contribution in [0.5, 0.6) is 11.5 Å². The average molecular weight is 324 g/mol. The molecule has 0 heterocycles. The molecule has 0 aliphatic rings. The molecule has 8 nitrogen and oxygen atoms in total. The Hall–Kier alpha value is -2.77. The summed E-state index contributed by atoms with van der Waals surface area (Å²) in [5.41, 5.74) is 4.87. The summed E-state index contributed by atoms with van der Waals surface area (Å²) in [7, 11) is 1.54. The first-order valence-corrected chi connectivity index (χ1v) is 6.90. The third-order valence-electron chi connectivity index (χ3n) is 2.78. The van der Waals surface area contributed by atoms with Gasteiger partial charge in [-0.1, -0.05) is 13.8 Å². The number of nitrogens with one attached hydrogen (secondary N) is 1. The lowest BCUT2D eigenvalue weighted by atomic mass is 10.1. The zero-order chi connectivity index (χ0) is 17.4. The van der Waals surface area contributed by atoms with E-state index in [2.05, 4.69) is 0 Å². The third-order valence-corrected chi connectivity index (χ3v) is 2.78. The van der Waals surface area contributed by atoms with Gasteiger partial charge in [0.05, 0.1) is 7.11 Å². The Balaban J connectivity index is 2.54. The Morgan fingerprint density at radius 2 is 1.70 bits per heavy atom. The summed E-state index contributed by atoms with van der Waals surface area (Å²) in [6.45, 7) is 2.96. The molecular weight excluding hydrogens is 304 g/mol. The van der Waals surface area contributed by atoms with Gasteiger partial charge in [-0.15, -0.1) is 0 Å². The van der Waals surface area contributed by atoms with Crippen LogP contribution in [0.1, 0.15) is 13.8 Å². The zero-order valence-electron chi connectivity index (χ0n) is 13.2. The average Bonchev–Trinajstić information content (AvgIpc) is 2.50. The third kappa shape index (κ3) is 6.25. The standard InChI is InChI=1S/C15H20N2O6/c1-9(2)13(14(19)17-15(16)20)23-12(18)8-22-11-6-4-10(21-3)5-7-11/h4-7,9,13H,8H2,1-3H3,(H3,16,17,19,20)/t13-/m1/s1. The molecule has 0 spiro atoms. The van der Waals surface area contributed by atoms with Crippen LogP contribution >= 0.6 is 0 Å². The van der Waals surface area contributed by atoms with Crippen molar-refractivity contribution in [2.75, 3.05) is 13.7 Å². The molecule has 0 fully saturated rings. The minimum absolute atomic E-state index is 0.334. The van der Waals surface area contributed by atoms with E-state index in [1.54, 1.807) is 38.1 Å². The number of benzene rings is 1. The van der Waals surface area contributed by atoms with Crippen LogP contribution in [-0.2, 0) is 14.3 Å². The van der Waals surface area contributed by atoms with E-state index in [0.717, 1.165) is 0 Å². The maximum absolute atomic E-state index is 11.8. The number of carbonyl (C=O) groups is 3. The molecule has 1 aromatic rings. The lowest BCUT2D eigenvalue weighted by Crippen LogP contribution is -2.46. The van der Waals surface area contributed by atoms with E-state index in [0.29, 0.717) is 11.5 Å². The molecule has 0 radical (unpaired) electrons. The Morgan fingerprint density at radius 3 is 2.17 bits per heavy atom. The van der Waals surface area contributed by atoms with Gasteiger partial charge in [0.2, 0.25) is 0 Å². The van der Waals surface area contributed by atoms with Crippen LogP contribution in [0.15, 0.2) is 24.3 Å². The van der Waals surface area contributed by atoms with Gasteiger partial charge >= 0.3 is 12.0 Å². The second kappa shape index (κ2) is 8.62. The highest BCUT2D eigenvalue weighted by atomic mass is 16.6. The number of esters is 1. The van der Waals surface area contributed by atoms with E-state index >= 15 is 0 Å². The van der Waals surface area contributed by atoms with E-state index in [1.165, 1.54) is 7.11 Å². The van der Waals surface area contributed by atoms with Gasteiger partial charge in [-0.3, -0.25) is 10.1 Å². The van der Waals surface area contributed by atoms with Crippen molar-refractivity contribution in [3.63, 3.8) is 0 Å². The fraction of sp³-hybridized carbons (Fsp3) is 0.400. The Labute approximate surface area is 133 Å². The smallest absolute Gasteiger partial charge is 0.344 e. The molecule has 0 aliphatic carbocycles. The first-order chi connectivity index (χ1) is 10.8. The predicted octanol–water partition coefficient (Wildman–Crippen LogP) is 0.837. The Kier molecular flexibility index (Phi) is 6.85. The number of amides is 3. The molecule has 23 heavy (non-hydrogen) atoms. The van der Waals surface area contributed by atoms with Gasteiger partial charge in [0, 0.05) is 0 Å². The molecule has 8 heteroatoms. The van der Waals surface area contributed by atoms with Gasteiger partial charge < -0.3 is 19.9 Å². The number of hydrogen-bond acceptors (Lipinski definition) is 6. The largest absolute Gasteiger partial charge is 0.497 e. The highest BCUT2D eigenvalue weighted by Crippen LogP contribution is 2.17. The van der Waals surface area contributed by atoms with Crippen molar-refractivity contribution in [3.8, 4) is 11.5 Å². The molecule has 0 saturated heterocycles. The van der Waals surface area contributed by atoms with Gasteiger partial charge in [-0.2, -0.15) is 0 Å². The summed E-state index contributed by atoms with van der Waals surface area (Å²) in [5.74, 6) is -0.739. The summed E-state index contributed by atoms with van der Waals surface area (Å²) in [5, 5.41) is 1.88. The molecule has 0 bridgehead atoms. The van der Waals surface area contributed by atoms with Crippen LogP contribution in [0.2, 0.25) is 0 Å². The highest BCUT2D eigenvalue weighted by molar-refractivity contribution is 5.96. The van der Waals surface area contributed by atoms with E-state index in [4.69, 9.17) is 19.9 Å². The first-order valence-electron chi connectivity index (χ1n) is 6.90. The molecule has 1 rings (SSSR count). The van der Waals surface area contributed by atoms with Crippen LogP contribution < -0.4 is 20.5 Å². The fourth-order valence-electron chi connectivity index (χ4n) is 1.67. The highest BCUT2D eigenvalue weighted by Gasteiger charge is 2.27. The number of imide groups is 1. The predicted molar refractivity (Wildman–Crippen MR) is 80.9 cm³/mol. The number of rotatable bonds is 7.